The number of benzene rings is 1. The standard InChI is InChI=1S/C9H11FO4S/c1-14-7-4-3-6(5-11)8(10)9(7)15(2,12)13/h3-4,11H,5H2,1-2H3. The first-order chi connectivity index (χ1) is 6.91. The Labute approximate surface area is 87.2 Å². The van der Waals surface area contributed by atoms with Crippen molar-refractivity contribution in [2.45, 2.75) is 11.5 Å². The van der Waals surface area contributed by atoms with Crippen LogP contribution in [0, 0.1) is 5.82 Å². The predicted molar refractivity (Wildman–Crippen MR) is 52.0 cm³/mol. The van der Waals surface area contributed by atoms with E-state index in [-0.39, 0.29) is 11.3 Å². The van der Waals surface area contributed by atoms with Gasteiger partial charge in [0.1, 0.15) is 10.6 Å². The number of sulfone groups is 1. The molecular weight excluding hydrogens is 223 g/mol. The van der Waals surface area contributed by atoms with Gasteiger partial charge < -0.3 is 9.84 Å². The third-order valence-electron chi connectivity index (χ3n) is 1.90. The Bertz CT molecular complexity index is 467. The fraction of sp³-hybridized carbons (Fsp3) is 0.333. The Balaban J connectivity index is 3.58. The van der Waals surface area contributed by atoms with Crippen molar-refractivity contribution in [3.8, 4) is 5.75 Å². The third-order valence-corrected chi connectivity index (χ3v) is 3.02. The fourth-order valence-corrected chi connectivity index (χ4v) is 2.18. The molecule has 0 fully saturated rings. The highest BCUT2D eigenvalue weighted by molar-refractivity contribution is 7.90. The normalized spacial score (nSPS) is 11.5. The summed E-state index contributed by atoms with van der Waals surface area (Å²) < 4.78 is 40.9. The van der Waals surface area contributed by atoms with Crippen LogP contribution in [0.3, 0.4) is 0 Å². The highest BCUT2D eigenvalue weighted by Crippen LogP contribution is 2.28. The van der Waals surface area contributed by atoms with Gasteiger partial charge in [0.15, 0.2) is 15.7 Å². The van der Waals surface area contributed by atoms with Crippen LogP contribution < -0.4 is 4.74 Å². The summed E-state index contributed by atoms with van der Waals surface area (Å²) >= 11 is 0. The lowest BCUT2D eigenvalue weighted by Crippen LogP contribution is -2.06. The number of halogens is 1. The summed E-state index contributed by atoms with van der Waals surface area (Å²) in [7, 11) is -2.47. The zero-order chi connectivity index (χ0) is 11.6. The number of hydrogen-bond acceptors (Lipinski definition) is 4. The summed E-state index contributed by atoms with van der Waals surface area (Å²) in [4.78, 5) is -0.517. The smallest absolute Gasteiger partial charge is 0.182 e. The predicted octanol–water partition coefficient (Wildman–Crippen LogP) is 0.730. The monoisotopic (exact) mass is 234 g/mol. The van der Waals surface area contributed by atoms with Crippen LogP contribution in [0.4, 0.5) is 4.39 Å². The van der Waals surface area contributed by atoms with E-state index in [1.165, 1.54) is 19.2 Å². The van der Waals surface area contributed by atoms with E-state index < -0.39 is 27.2 Å². The molecular formula is C9H11FO4S. The van der Waals surface area contributed by atoms with E-state index in [2.05, 4.69) is 0 Å². The summed E-state index contributed by atoms with van der Waals surface area (Å²) in [5, 5.41) is 8.80. The average Bonchev–Trinajstić information content (AvgIpc) is 2.15. The van der Waals surface area contributed by atoms with Gasteiger partial charge in [0.25, 0.3) is 0 Å². The van der Waals surface area contributed by atoms with Crippen LogP contribution >= 0.6 is 0 Å². The lowest BCUT2D eigenvalue weighted by atomic mass is 10.2. The number of aliphatic hydroxyl groups is 1. The summed E-state index contributed by atoms with van der Waals surface area (Å²) in [6.07, 6.45) is 0.884. The molecule has 0 saturated carbocycles. The Morgan fingerprint density at radius 2 is 2.07 bits per heavy atom. The largest absolute Gasteiger partial charge is 0.495 e. The fourth-order valence-electron chi connectivity index (χ4n) is 1.21. The van der Waals surface area contributed by atoms with E-state index in [1.54, 1.807) is 0 Å². The molecule has 0 aliphatic heterocycles. The average molecular weight is 234 g/mol. The van der Waals surface area contributed by atoms with E-state index >= 15 is 0 Å². The number of ether oxygens (including phenoxy) is 1. The zero-order valence-corrected chi connectivity index (χ0v) is 9.14. The molecule has 0 saturated heterocycles. The quantitative estimate of drug-likeness (QED) is 0.837. The Hall–Kier alpha value is -1.14. The molecule has 1 N–H and O–H groups in total. The van der Waals surface area contributed by atoms with Crippen molar-refractivity contribution >= 4 is 9.84 Å². The van der Waals surface area contributed by atoms with Gasteiger partial charge in [-0.05, 0) is 6.07 Å². The molecule has 1 rings (SSSR count). The Morgan fingerprint density at radius 3 is 2.47 bits per heavy atom. The topological polar surface area (TPSA) is 63.6 Å². The van der Waals surface area contributed by atoms with Crippen molar-refractivity contribution in [3.63, 3.8) is 0 Å². The molecule has 0 aliphatic carbocycles. The van der Waals surface area contributed by atoms with Crippen LogP contribution in [0.1, 0.15) is 5.56 Å². The van der Waals surface area contributed by atoms with Gasteiger partial charge >= 0.3 is 0 Å². The van der Waals surface area contributed by atoms with Crippen molar-refractivity contribution in [2.75, 3.05) is 13.4 Å². The summed E-state index contributed by atoms with van der Waals surface area (Å²) in [5.41, 5.74) is -0.0729. The van der Waals surface area contributed by atoms with Crippen molar-refractivity contribution < 1.29 is 22.7 Å². The van der Waals surface area contributed by atoms with E-state index in [4.69, 9.17) is 9.84 Å². The summed E-state index contributed by atoms with van der Waals surface area (Å²) in [5.74, 6) is -1.02. The lowest BCUT2D eigenvalue weighted by molar-refractivity contribution is 0.273. The molecule has 0 aliphatic rings. The number of aliphatic hydroxyl groups excluding tert-OH is 1. The van der Waals surface area contributed by atoms with Crippen LogP contribution in [0.2, 0.25) is 0 Å². The molecule has 6 heteroatoms. The van der Waals surface area contributed by atoms with E-state index in [1.807, 2.05) is 0 Å². The molecule has 1 aromatic rings. The molecule has 0 atom stereocenters. The third kappa shape index (κ3) is 2.27. The van der Waals surface area contributed by atoms with Crippen molar-refractivity contribution in [2.24, 2.45) is 0 Å². The Kier molecular flexibility index (Phi) is 3.31. The molecule has 15 heavy (non-hydrogen) atoms. The molecule has 84 valence electrons. The number of hydrogen-bond donors (Lipinski definition) is 1. The van der Waals surface area contributed by atoms with Gasteiger partial charge in [0, 0.05) is 11.8 Å². The molecule has 1 aromatic carbocycles. The summed E-state index contributed by atoms with van der Waals surface area (Å²) in [6.45, 7) is -0.557. The number of methoxy groups -OCH3 is 1. The second kappa shape index (κ2) is 4.16. The molecule has 4 nitrogen and oxygen atoms in total. The van der Waals surface area contributed by atoms with Crippen LogP contribution in [-0.4, -0.2) is 26.9 Å². The van der Waals surface area contributed by atoms with Gasteiger partial charge in [-0.25, -0.2) is 12.8 Å². The molecule has 0 aromatic heterocycles. The van der Waals surface area contributed by atoms with Crippen molar-refractivity contribution in [3.05, 3.63) is 23.5 Å². The SMILES string of the molecule is COc1ccc(CO)c(F)c1S(C)(=O)=O. The van der Waals surface area contributed by atoms with Crippen LogP contribution in [0.25, 0.3) is 0 Å². The molecule has 0 spiro atoms. The first-order valence-electron chi connectivity index (χ1n) is 4.08. The minimum Gasteiger partial charge on any atom is -0.495 e. The van der Waals surface area contributed by atoms with Gasteiger partial charge in [-0.15, -0.1) is 0 Å². The highest BCUT2D eigenvalue weighted by atomic mass is 32.2. The van der Waals surface area contributed by atoms with E-state index in [0.29, 0.717) is 0 Å². The molecule has 0 unspecified atom stereocenters. The van der Waals surface area contributed by atoms with Gasteiger partial charge in [0.05, 0.1) is 13.7 Å². The maximum Gasteiger partial charge on any atom is 0.182 e. The highest BCUT2D eigenvalue weighted by Gasteiger charge is 2.22. The van der Waals surface area contributed by atoms with Crippen LogP contribution in [0.5, 0.6) is 5.75 Å². The van der Waals surface area contributed by atoms with Crippen molar-refractivity contribution in [1.82, 2.24) is 0 Å². The minimum absolute atomic E-state index is 0.0628. The van der Waals surface area contributed by atoms with E-state index in [0.717, 1.165) is 6.26 Å². The number of rotatable bonds is 3. The maximum absolute atomic E-state index is 13.6. The second-order valence-corrected chi connectivity index (χ2v) is 4.95. The van der Waals surface area contributed by atoms with Gasteiger partial charge in [-0.1, -0.05) is 6.07 Å². The molecule has 0 radical (unpaired) electrons. The van der Waals surface area contributed by atoms with Crippen LogP contribution in [0.15, 0.2) is 17.0 Å². The van der Waals surface area contributed by atoms with Gasteiger partial charge in [-0.2, -0.15) is 0 Å². The Morgan fingerprint density at radius 1 is 1.47 bits per heavy atom. The molecule has 0 heterocycles. The molecule has 0 bridgehead atoms. The first kappa shape index (κ1) is 11.9. The first-order valence-corrected chi connectivity index (χ1v) is 5.97. The van der Waals surface area contributed by atoms with Crippen molar-refractivity contribution in [1.29, 1.82) is 0 Å². The summed E-state index contributed by atoms with van der Waals surface area (Å²) in [6, 6.07) is 2.59. The van der Waals surface area contributed by atoms with Gasteiger partial charge in [-0.3, -0.25) is 0 Å². The second-order valence-electron chi connectivity index (χ2n) is 3.00. The van der Waals surface area contributed by atoms with Gasteiger partial charge in [0.2, 0.25) is 0 Å². The lowest BCUT2D eigenvalue weighted by Gasteiger charge is -2.09. The minimum atomic E-state index is -3.72. The van der Waals surface area contributed by atoms with Crippen LogP contribution in [-0.2, 0) is 16.4 Å². The zero-order valence-electron chi connectivity index (χ0n) is 8.32. The maximum atomic E-state index is 13.6. The molecule has 0 amide bonds. The van der Waals surface area contributed by atoms with E-state index in [9.17, 15) is 12.8 Å².